The number of pyridine rings is 1. The second kappa shape index (κ2) is 5.13. The lowest BCUT2D eigenvalue weighted by molar-refractivity contribution is 0.397. The SMILES string of the molecule is COc1nc(C)ccc1-c1noc(-c2ccccc2)n1. The molecule has 0 atom stereocenters. The monoisotopic (exact) mass is 267 g/mol. The van der Waals surface area contributed by atoms with Gasteiger partial charge in [0.05, 0.1) is 12.7 Å². The zero-order valence-electron chi connectivity index (χ0n) is 11.2. The Morgan fingerprint density at radius 3 is 2.55 bits per heavy atom. The van der Waals surface area contributed by atoms with Gasteiger partial charge in [0.15, 0.2) is 0 Å². The standard InChI is InChI=1S/C15H13N3O2/c1-10-8-9-12(15(16-10)19-2)13-17-14(20-18-13)11-6-4-3-5-7-11/h3-9H,1-2H3. The minimum atomic E-state index is 0.466. The molecule has 2 heterocycles. The molecule has 0 amide bonds. The Balaban J connectivity index is 2.02. The summed E-state index contributed by atoms with van der Waals surface area (Å²) >= 11 is 0. The van der Waals surface area contributed by atoms with E-state index in [0.717, 1.165) is 11.3 Å². The van der Waals surface area contributed by atoms with Crippen LogP contribution in [0, 0.1) is 6.92 Å². The first-order chi connectivity index (χ1) is 9.78. The molecule has 0 unspecified atom stereocenters. The average molecular weight is 267 g/mol. The number of benzene rings is 1. The molecule has 0 aliphatic carbocycles. The topological polar surface area (TPSA) is 61.0 Å². The third kappa shape index (κ3) is 2.25. The number of hydrogen-bond acceptors (Lipinski definition) is 5. The number of nitrogens with zero attached hydrogens (tertiary/aromatic N) is 3. The molecule has 2 aromatic heterocycles. The Hall–Kier alpha value is -2.69. The summed E-state index contributed by atoms with van der Waals surface area (Å²) in [6, 6.07) is 13.4. The summed E-state index contributed by atoms with van der Waals surface area (Å²) in [4.78, 5) is 8.70. The highest BCUT2D eigenvalue weighted by Crippen LogP contribution is 2.28. The van der Waals surface area contributed by atoms with Crippen molar-refractivity contribution < 1.29 is 9.26 Å². The van der Waals surface area contributed by atoms with Crippen LogP contribution in [0.1, 0.15) is 5.69 Å². The summed E-state index contributed by atoms with van der Waals surface area (Å²) in [6.07, 6.45) is 0. The molecule has 0 aliphatic rings. The lowest BCUT2D eigenvalue weighted by atomic mass is 10.2. The highest BCUT2D eigenvalue weighted by molar-refractivity contribution is 5.64. The van der Waals surface area contributed by atoms with Crippen molar-refractivity contribution >= 4 is 0 Å². The lowest BCUT2D eigenvalue weighted by Gasteiger charge is -2.04. The van der Waals surface area contributed by atoms with Gasteiger partial charge in [-0.25, -0.2) is 4.98 Å². The molecule has 0 N–H and O–H groups in total. The van der Waals surface area contributed by atoms with Crippen molar-refractivity contribution in [3.63, 3.8) is 0 Å². The van der Waals surface area contributed by atoms with Crippen molar-refractivity contribution in [2.75, 3.05) is 7.11 Å². The van der Waals surface area contributed by atoms with E-state index >= 15 is 0 Å². The fourth-order valence-electron chi connectivity index (χ4n) is 1.89. The smallest absolute Gasteiger partial charge is 0.258 e. The Kier molecular flexibility index (Phi) is 3.16. The summed E-state index contributed by atoms with van der Waals surface area (Å²) in [5.41, 5.74) is 2.46. The number of rotatable bonds is 3. The lowest BCUT2D eigenvalue weighted by Crippen LogP contribution is -1.94. The minimum Gasteiger partial charge on any atom is -0.480 e. The zero-order valence-corrected chi connectivity index (χ0v) is 11.2. The number of methoxy groups -OCH3 is 1. The minimum absolute atomic E-state index is 0.466. The first-order valence-corrected chi connectivity index (χ1v) is 6.19. The Labute approximate surface area is 116 Å². The largest absolute Gasteiger partial charge is 0.480 e. The summed E-state index contributed by atoms with van der Waals surface area (Å²) < 4.78 is 10.6. The van der Waals surface area contributed by atoms with Gasteiger partial charge < -0.3 is 9.26 Å². The van der Waals surface area contributed by atoms with E-state index in [1.165, 1.54) is 0 Å². The zero-order chi connectivity index (χ0) is 13.9. The van der Waals surface area contributed by atoms with E-state index in [-0.39, 0.29) is 0 Å². The number of ether oxygens (including phenoxy) is 1. The molecule has 0 radical (unpaired) electrons. The van der Waals surface area contributed by atoms with Crippen molar-refractivity contribution in [3.05, 3.63) is 48.2 Å². The fourth-order valence-corrected chi connectivity index (χ4v) is 1.89. The van der Waals surface area contributed by atoms with Crippen molar-refractivity contribution in [1.82, 2.24) is 15.1 Å². The summed E-state index contributed by atoms with van der Waals surface area (Å²) in [6.45, 7) is 1.90. The molecule has 3 rings (SSSR count). The van der Waals surface area contributed by atoms with E-state index in [9.17, 15) is 0 Å². The maximum Gasteiger partial charge on any atom is 0.258 e. The number of aryl methyl sites for hydroxylation is 1. The van der Waals surface area contributed by atoms with Crippen LogP contribution in [0.4, 0.5) is 0 Å². The summed E-state index contributed by atoms with van der Waals surface area (Å²) in [5, 5.41) is 3.99. The molecule has 0 bridgehead atoms. The van der Waals surface area contributed by atoms with Gasteiger partial charge in [0.1, 0.15) is 0 Å². The van der Waals surface area contributed by atoms with Crippen LogP contribution >= 0.6 is 0 Å². The molecule has 5 heteroatoms. The molecular weight excluding hydrogens is 254 g/mol. The number of aromatic nitrogens is 3. The maximum atomic E-state index is 5.29. The third-order valence-corrected chi connectivity index (χ3v) is 2.88. The van der Waals surface area contributed by atoms with Crippen LogP contribution in [0.25, 0.3) is 22.8 Å². The van der Waals surface area contributed by atoms with Crippen LogP contribution in [0.15, 0.2) is 47.0 Å². The predicted octanol–water partition coefficient (Wildman–Crippen LogP) is 3.12. The van der Waals surface area contributed by atoms with Gasteiger partial charge in [-0.1, -0.05) is 23.4 Å². The van der Waals surface area contributed by atoms with Crippen LogP contribution in [-0.2, 0) is 0 Å². The van der Waals surface area contributed by atoms with Crippen molar-refractivity contribution in [2.45, 2.75) is 6.92 Å². The average Bonchev–Trinajstić information content (AvgIpc) is 2.97. The van der Waals surface area contributed by atoms with E-state index in [2.05, 4.69) is 15.1 Å². The first kappa shape index (κ1) is 12.3. The van der Waals surface area contributed by atoms with E-state index in [4.69, 9.17) is 9.26 Å². The van der Waals surface area contributed by atoms with Crippen molar-refractivity contribution in [2.24, 2.45) is 0 Å². The summed E-state index contributed by atoms with van der Waals surface area (Å²) in [5.74, 6) is 1.43. The molecule has 5 nitrogen and oxygen atoms in total. The second-order valence-corrected chi connectivity index (χ2v) is 4.30. The van der Waals surface area contributed by atoms with Gasteiger partial charge in [-0.05, 0) is 31.2 Å². The Morgan fingerprint density at radius 1 is 1.00 bits per heavy atom. The van der Waals surface area contributed by atoms with Gasteiger partial charge in [-0.2, -0.15) is 4.98 Å². The van der Waals surface area contributed by atoms with Crippen LogP contribution in [0.2, 0.25) is 0 Å². The molecule has 3 aromatic rings. The molecule has 0 fully saturated rings. The molecule has 0 spiro atoms. The molecule has 100 valence electrons. The molecule has 0 aliphatic heterocycles. The fraction of sp³-hybridized carbons (Fsp3) is 0.133. The quantitative estimate of drug-likeness (QED) is 0.729. The van der Waals surface area contributed by atoms with Crippen LogP contribution < -0.4 is 4.74 Å². The highest BCUT2D eigenvalue weighted by Gasteiger charge is 2.15. The van der Waals surface area contributed by atoms with Crippen molar-refractivity contribution in [1.29, 1.82) is 0 Å². The molecule has 0 saturated heterocycles. The Bertz CT molecular complexity index is 723. The van der Waals surface area contributed by atoms with E-state index in [1.807, 2.05) is 49.4 Å². The predicted molar refractivity (Wildman–Crippen MR) is 74.3 cm³/mol. The third-order valence-electron chi connectivity index (χ3n) is 2.88. The normalized spacial score (nSPS) is 10.5. The maximum absolute atomic E-state index is 5.29. The Morgan fingerprint density at radius 2 is 1.80 bits per heavy atom. The van der Waals surface area contributed by atoms with Crippen molar-refractivity contribution in [3.8, 4) is 28.7 Å². The van der Waals surface area contributed by atoms with Gasteiger partial charge >= 0.3 is 0 Å². The number of hydrogen-bond donors (Lipinski definition) is 0. The van der Waals surface area contributed by atoms with Gasteiger partial charge in [-0.3, -0.25) is 0 Å². The van der Waals surface area contributed by atoms with E-state index < -0.39 is 0 Å². The van der Waals surface area contributed by atoms with Gasteiger partial charge in [0.2, 0.25) is 11.7 Å². The summed E-state index contributed by atoms with van der Waals surface area (Å²) in [7, 11) is 1.57. The first-order valence-electron chi connectivity index (χ1n) is 6.19. The molecular formula is C15H13N3O2. The second-order valence-electron chi connectivity index (χ2n) is 4.30. The molecule has 1 aromatic carbocycles. The highest BCUT2D eigenvalue weighted by atomic mass is 16.5. The van der Waals surface area contributed by atoms with Gasteiger partial charge in [0, 0.05) is 11.3 Å². The van der Waals surface area contributed by atoms with Crippen LogP contribution in [0.5, 0.6) is 5.88 Å². The van der Waals surface area contributed by atoms with E-state index in [0.29, 0.717) is 23.2 Å². The van der Waals surface area contributed by atoms with E-state index in [1.54, 1.807) is 7.11 Å². The van der Waals surface area contributed by atoms with Gasteiger partial charge in [-0.15, -0.1) is 0 Å². The van der Waals surface area contributed by atoms with Gasteiger partial charge in [0.25, 0.3) is 5.89 Å². The molecule has 20 heavy (non-hydrogen) atoms. The van der Waals surface area contributed by atoms with Crippen LogP contribution in [0.3, 0.4) is 0 Å². The van der Waals surface area contributed by atoms with Crippen LogP contribution in [-0.4, -0.2) is 22.2 Å². The molecule has 0 saturated carbocycles.